The molecule has 1 amide bonds. The standard InChI is InChI=1S/C21H17ClN2O3S/c1-4-10-27-17-9-8-14(11-18(17)26-3)12-19-20(25)24-21(28-19)23-16-7-5-6-15(22)13(16)2/h1,5-9,11-12H,10H2,2-3H3,(H,23,24,25)/b19-12+. The van der Waals surface area contributed by atoms with E-state index in [2.05, 4.69) is 16.2 Å². The van der Waals surface area contributed by atoms with E-state index in [1.807, 2.05) is 25.1 Å². The summed E-state index contributed by atoms with van der Waals surface area (Å²) in [5.41, 5.74) is 2.37. The van der Waals surface area contributed by atoms with Crippen LogP contribution in [0.3, 0.4) is 0 Å². The number of aliphatic imine (C=N–C) groups is 1. The van der Waals surface area contributed by atoms with E-state index in [1.54, 1.807) is 31.4 Å². The lowest BCUT2D eigenvalue weighted by Gasteiger charge is -2.09. The van der Waals surface area contributed by atoms with Crippen LogP contribution in [0.2, 0.25) is 5.02 Å². The molecular weight excluding hydrogens is 396 g/mol. The van der Waals surface area contributed by atoms with Crippen molar-refractivity contribution in [2.24, 2.45) is 4.99 Å². The van der Waals surface area contributed by atoms with Crippen LogP contribution in [0.15, 0.2) is 46.3 Å². The molecule has 5 nitrogen and oxygen atoms in total. The normalized spacial score (nSPS) is 16.1. The van der Waals surface area contributed by atoms with Crippen LogP contribution in [0.5, 0.6) is 11.5 Å². The smallest absolute Gasteiger partial charge is 0.264 e. The first kappa shape index (κ1) is 19.9. The van der Waals surface area contributed by atoms with Crippen molar-refractivity contribution in [1.29, 1.82) is 0 Å². The molecule has 0 aliphatic carbocycles. The first-order valence-electron chi connectivity index (χ1n) is 8.31. The number of ether oxygens (including phenoxy) is 2. The molecule has 1 fully saturated rings. The minimum Gasteiger partial charge on any atom is -0.493 e. The third-order valence-corrected chi connectivity index (χ3v) is 5.23. The largest absolute Gasteiger partial charge is 0.493 e. The predicted octanol–water partition coefficient (Wildman–Crippen LogP) is 4.56. The molecular formula is C21H17ClN2O3S. The number of thioether (sulfide) groups is 1. The summed E-state index contributed by atoms with van der Waals surface area (Å²) in [7, 11) is 1.55. The number of carbonyl (C=O) groups excluding carboxylic acids is 1. The highest BCUT2D eigenvalue weighted by Gasteiger charge is 2.24. The fourth-order valence-corrected chi connectivity index (χ4v) is 3.48. The summed E-state index contributed by atoms with van der Waals surface area (Å²) in [5.74, 6) is 3.28. The molecule has 1 N–H and O–H groups in total. The number of nitrogens with one attached hydrogen (secondary N) is 1. The highest BCUT2D eigenvalue weighted by atomic mass is 35.5. The topological polar surface area (TPSA) is 59.9 Å². The average molecular weight is 413 g/mol. The van der Waals surface area contributed by atoms with Crippen molar-refractivity contribution in [2.75, 3.05) is 13.7 Å². The molecule has 0 atom stereocenters. The van der Waals surface area contributed by atoms with Gasteiger partial charge in [0.05, 0.1) is 17.7 Å². The van der Waals surface area contributed by atoms with Crippen molar-refractivity contribution in [3.05, 3.63) is 57.5 Å². The van der Waals surface area contributed by atoms with Gasteiger partial charge >= 0.3 is 0 Å². The zero-order chi connectivity index (χ0) is 20.1. The van der Waals surface area contributed by atoms with Crippen LogP contribution in [0.25, 0.3) is 6.08 Å². The summed E-state index contributed by atoms with van der Waals surface area (Å²) in [6.45, 7) is 2.04. The first-order chi connectivity index (χ1) is 13.5. The molecule has 0 spiro atoms. The lowest BCUT2D eigenvalue weighted by molar-refractivity contribution is -0.115. The van der Waals surface area contributed by atoms with Gasteiger partial charge in [0, 0.05) is 5.02 Å². The third kappa shape index (κ3) is 4.50. The summed E-state index contributed by atoms with van der Waals surface area (Å²) in [4.78, 5) is 17.3. The summed E-state index contributed by atoms with van der Waals surface area (Å²) in [6, 6.07) is 10.8. The molecule has 3 rings (SSSR count). The Morgan fingerprint density at radius 1 is 1.32 bits per heavy atom. The van der Waals surface area contributed by atoms with Crippen LogP contribution in [0.1, 0.15) is 11.1 Å². The lowest BCUT2D eigenvalue weighted by atomic mass is 10.2. The van der Waals surface area contributed by atoms with E-state index in [0.29, 0.717) is 32.3 Å². The summed E-state index contributed by atoms with van der Waals surface area (Å²) in [6.07, 6.45) is 6.98. The molecule has 0 radical (unpaired) electrons. The van der Waals surface area contributed by atoms with Crippen molar-refractivity contribution in [1.82, 2.24) is 5.32 Å². The molecule has 1 saturated heterocycles. The molecule has 0 aromatic heterocycles. The Labute approximate surface area is 172 Å². The van der Waals surface area contributed by atoms with Crippen LogP contribution < -0.4 is 14.8 Å². The number of benzene rings is 2. The van der Waals surface area contributed by atoms with Gasteiger partial charge < -0.3 is 14.8 Å². The zero-order valence-electron chi connectivity index (χ0n) is 15.3. The van der Waals surface area contributed by atoms with Crippen molar-refractivity contribution in [2.45, 2.75) is 6.92 Å². The predicted molar refractivity (Wildman–Crippen MR) is 114 cm³/mol. The second kappa shape index (κ2) is 8.87. The molecule has 7 heteroatoms. The fourth-order valence-electron chi connectivity index (χ4n) is 2.47. The quantitative estimate of drug-likeness (QED) is 0.577. The fraction of sp³-hybridized carbons (Fsp3) is 0.143. The minimum absolute atomic E-state index is 0.151. The van der Waals surface area contributed by atoms with Crippen molar-refractivity contribution in [3.8, 4) is 23.8 Å². The van der Waals surface area contributed by atoms with E-state index in [0.717, 1.165) is 11.1 Å². The van der Waals surface area contributed by atoms with Gasteiger partial charge in [-0.1, -0.05) is 29.7 Å². The monoisotopic (exact) mass is 412 g/mol. The van der Waals surface area contributed by atoms with Gasteiger partial charge in [-0.05, 0) is 60.2 Å². The van der Waals surface area contributed by atoms with Gasteiger partial charge in [0.1, 0.15) is 6.61 Å². The minimum atomic E-state index is -0.213. The Balaban J connectivity index is 1.84. The van der Waals surface area contributed by atoms with E-state index in [-0.39, 0.29) is 12.5 Å². The first-order valence-corrected chi connectivity index (χ1v) is 9.50. The maximum atomic E-state index is 12.3. The third-order valence-electron chi connectivity index (χ3n) is 3.91. The van der Waals surface area contributed by atoms with Gasteiger partial charge in [0.2, 0.25) is 0 Å². The van der Waals surface area contributed by atoms with Gasteiger partial charge in [-0.2, -0.15) is 0 Å². The number of nitrogens with zero attached hydrogens (tertiary/aromatic N) is 1. The van der Waals surface area contributed by atoms with Gasteiger partial charge in [0.25, 0.3) is 5.91 Å². The molecule has 1 aliphatic heterocycles. The number of hydrogen-bond acceptors (Lipinski definition) is 5. The van der Waals surface area contributed by atoms with E-state index in [4.69, 9.17) is 27.5 Å². The average Bonchev–Trinajstić information content (AvgIpc) is 3.03. The second-order valence-electron chi connectivity index (χ2n) is 5.77. The van der Waals surface area contributed by atoms with E-state index in [1.165, 1.54) is 11.8 Å². The van der Waals surface area contributed by atoms with Crippen molar-refractivity contribution in [3.63, 3.8) is 0 Å². The molecule has 1 heterocycles. The van der Waals surface area contributed by atoms with Crippen molar-refractivity contribution >= 4 is 46.2 Å². The summed E-state index contributed by atoms with van der Waals surface area (Å²) >= 11 is 7.39. The number of rotatable bonds is 5. The number of methoxy groups -OCH3 is 1. The molecule has 28 heavy (non-hydrogen) atoms. The van der Waals surface area contributed by atoms with Crippen LogP contribution >= 0.6 is 23.4 Å². The number of amides is 1. The molecule has 0 bridgehead atoms. The van der Waals surface area contributed by atoms with Gasteiger partial charge in [-0.15, -0.1) is 6.42 Å². The number of hydrogen-bond donors (Lipinski definition) is 1. The van der Waals surface area contributed by atoms with E-state index < -0.39 is 0 Å². The zero-order valence-corrected chi connectivity index (χ0v) is 16.9. The Bertz CT molecular complexity index is 1020. The highest BCUT2D eigenvalue weighted by Crippen LogP contribution is 2.33. The van der Waals surface area contributed by atoms with Crippen LogP contribution in [0, 0.1) is 19.3 Å². The summed E-state index contributed by atoms with van der Waals surface area (Å²) in [5, 5.41) is 3.90. The SMILES string of the molecule is C#CCOc1ccc(/C=C2/SC(=Nc3cccc(Cl)c3C)NC2=O)cc1OC. The van der Waals surface area contributed by atoms with E-state index in [9.17, 15) is 4.79 Å². The number of amidine groups is 1. The molecule has 142 valence electrons. The maximum Gasteiger partial charge on any atom is 0.264 e. The van der Waals surface area contributed by atoms with Crippen LogP contribution in [-0.2, 0) is 4.79 Å². The molecule has 1 aliphatic rings. The molecule has 2 aromatic carbocycles. The van der Waals surface area contributed by atoms with Crippen LogP contribution in [-0.4, -0.2) is 24.8 Å². The lowest BCUT2D eigenvalue weighted by Crippen LogP contribution is -2.19. The maximum absolute atomic E-state index is 12.3. The van der Waals surface area contributed by atoms with Gasteiger partial charge in [0.15, 0.2) is 16.7 Å². The van der Waals surface area contributed by atoms with Crippen LogP contribution in [0.4, 0.5) is 5.69 Å². The van der Waals surface area contributed by atoms with Crippen molar-refractivity contribution < 1.29 is 14.3 Å². The Morgan fingerprint density at radius 3 is 2.89 bits per heavy atom. The Hall–Kier alpha value is -2.88. The Morgan fingerprint density at radius 2 is 2.14 bits per heavy atom. The number of carbonyl (C=O) groups is 1. The second-order valence-corrected chi connectivity index (χ2v) is 7.21. The molecule has 2 aromatic rings. The molecule has 0 unspecified atom stereocenters. The number of terminal acetylenes is 1. The van der Waals surface area contributed by atoms with Gasteiger partial charge in [-0.3, -0.25) is 4.79 Å². The molecule has 0 saturated carbocycles. The van der Waals surface area contributed by atoms with Gasteiger partial charge in [-0.25, -0.2) is 4.99 Å². The Kier molecular flexibility index (Phi) is 6.30. The number of halogens is 1. The highest BCUT2D eigenvalue weighted by molar-refractivity contribution is 8.18. The van der Waals surface area contributed by atoms with E-state index >= 15 is 0 Å². The summed E-state index contributed by atoms with van der Waals surface area (Å²) < 4.78 is 10.8.